The summed E-state index contributed by atoms with van der Waals surface area (Å²) >= 11 is 3.32. The number of carbonyl (C=O) groups is 3. The molecule has 0 bridgehead atoms. The molecular weight excluding hydrogens is 446 g/mol. The number of imide groups is 1. The maximum atomic E-state index is 12.4. The Morgan fingerprint density at radius 1 is 1.00 bits per heavy atom. The first-order valence-electron chi connectivity index (χ1n) is 10.1. The zero-order chi connectivity index (χ0) is 21.7. The highest BCUT2D eigenvalue weighted by atomic mass is 79.9. The van der Waals surface area contributed by atoms with Crippen LogP contribution in [0.2, 0.25) is 0 Å². The van der Waals surface area contributed by atoms with Crippen molar-refractivity contribution in [2.45, 2.75) is 25.7 Å². The highest BCUT2D eigenvalue weighted by Crippen LogP contribution is 2.26. The minimum absolute atomic E-state index is 0.0580. The van der Waals surface area contributed by atoms with Crippen LogP contribution in [-0.4, -0.2) is 49.8 Å². The zero-order valence-corrected chi connectivity index (χ0v) is 18.9. The zero-order valence-electron chi connectivity index (χ0n) is 17.3. The van der Waals surface area contributed by atoms with Crippen LogP contribution in [0.3, 0.4) is 0 Å². The van der Waals surface area contributed by atoms with Crippen molar-refractivity contribution in [1.82, 2.24) is 10.2 Å². The number of carbonyl (C=O) groups excluding carboxylic acids is 3. The highest BCUT2D eigenvalue weighted by Gasteiger charge is 2.35. The van der Waals surface area contributed by atoms with Gasteiger partial charge in [-0.3, -0.25) is 19.3 Å². The predicted molar refractivity (Wildman–Crippen MR) is 121 cm³/mol. The number of rotatable bonds is 9. The molecule has 0 saturated carbocycles. The number of anilines is 1. The van der Waals surface area contributed by atoms with Gasteiger partial charge in [-0.25, -0.2) is 0 Å². The average molecular weight is 472 g/mol. The average Bonchev–Trinajstić information content (AvgIpc) is 2.95. The van der Waals surface area contributed by atoms with E-state index < -0.39 is 0 Å². The number of fused-ring (bicyclic) bond motifs is 1. The summed E-state index contributed by atoms with van der Waals surface area (Å²) in [5.74, 6) is -0.641. The Bertz CT molecular complexity index is 941. The quantitative estimate of drug-likeness (QED) is 0.447. The van der Waals surface area contributed by atoms with E-state index in [1.54, 1.807) is 18.2 Å². The van der Waals surface area contributed by atoms with Crippen LogP contribution in [0.4, 0.5) is 5.69 Å². The van der Waals surface area contributed by atoms with Crippen molar-refractivity contribution in [3.05, 3.63) is 63.6 Å². The molecule has 7 heteroatoms. The lowest BCUT2D eigenvalue weighted by Crippen LogP contribution is -2.32. The van der Waals surface area contributed by atoms with Crippen LogP contribution in [0.25, 0.3) is 0 Å². The van der Waals surface area contributed by atoms with Crippen LogP contribution >= 0.6 is 15.9 Å². The van der Waals surface area contributed by atoms with Crippen LogP contribution in [-0.2, 0) is 11.2 Å². The van der Waals surface area contributed by atoms with Crippen LogP contribution < -0.4 is 10.2 Å². The van der Waals surface area contributed by atoms with Crippen LogP contribution in [0, 0.1) is 0 Å². The molecule has 30 heavy (non-hydrogen) atoms. The molecule has 6 nitrogen and oxygen atoms in total. The van der Waals surface area contributed by atoms with Crippen molar-refractivity contribution in [1.29, 1.82) is 0 Å². The Kier molecular flexibility index (Phi) is 7.26. The molecule has 0 aromatic heterocycles. The Balaban J connectivity index is 1.35. The molecule has 0 saturated heterocycles. The fourth-order valence-electron chi connectivity index (χ4n) is 3.43. The largest absolute Gasteiger partial charge is 0.378 e. The second-order valence-electron chi connectivity index (χ2n) is 7.57. The molecule has 3 amide bonds. The first-order chi connectivity index (χ1) is 14.4. The van der Waals surface area contributed by atoms with E-state index in [-0.39, 0.29) is 30.7 Å². The standard InChI is InChI=1S/C23H26BrN3O3/c1-26(2)18-10-7-16(8-11-18)5-3-13-25-21(28)6-4-14-27-22(29)19-12-9-17(24)15-20(19)23(27)30/h7-12,15H,3-6,13-14H2,1-2H3,(H,25,28). The number of nitrogens with one attached hydrogen (secondary N) is 1. The van der Waals surface area contributed by atoms with E-state index in [1.165, 1.54) is 10.5 Å². The summed E-state index contributed by atoms with van der Waals surface area (Å²) < 4.78 is 0.761. The van der Waals surface area contributed by atoms with Gasteiger partial charge >= 0.3 is 0 Å². The van der Waals surface area contributed by atoms with Gasteiger partial charge in [0.1, 0.15) is 0 Å². The normalized spacial score (nSPS) is 12.8. The summed E-state index contributed by atoms with van der Waals surface area (Å²) in [5, 5.41) is 2.91. The number of nitrogens with zero attached hydrogens (tertiary/aromatic N) is 2. The lowest BCUT2D eigenvalue weighted by molar-refractivity contribution is -0.121. The molecule has 3 rings (SSSR count). The first-order valence-corrected chi connectivity index (χ1v) is 10.8. The molecule has 0 spiro atoms. The summed E-state index contributed by atoms with van der Waals surface area (Å²) in [6.45, 7) is 0.852. The molecule has 2 aromatic carbocycles. The summed E-state index contributed by atoms with van der Waals surface area (Å²) in [5.41, 5.74) is 3.24. The second-order valence-corrected chi connectivity index (χ2v) is 8.49. The molecule has 1 N–H and O–H groups in total. The summed E-state index contributed by atoms with van der Waals surface area (Å²) in [6, 6.07) is 13.5. The molecular formula is C23H26BrN3O3. The molecule has 2 aromatic rings. The van der Waals surface area contributed by atoms with E-state index in [0.717, 1.165) is 23.0 Å². The van der Waals surface area contributed by atoms with Gasteiger partial charge in [0.2, 0.25) is 5.91 Å². The third-order valence-electron chi connectivity index (χ3n) is 5.14. The third kappa shape index (κ3) is 5.27. The van der Waals surface area contributed by atoms with Gasteiger partial charge in [0.25, 0.3) is 11.8 Å². The van der Waals surface area contributed by atoms with Crippen molar-refractivity contribution < 1.29 is 14.4 Å². The number of hydrogen-bond donors (Lipinski definition) is 1. The number of hydrogen-bond acceptors (Lipinski definition) is 4. The molecule has 0 radical (unpaired) electrons. The molecule has 0 atom stereocenters. The Labute approximate surface area is 185 Å². The molecule has 158 valence electrons. The molecule has 1 heterocycles. The molecule has 1 aliphatic rings. The molecule has 0 fully saturated rings. The topological polar surface area (TPSA) is 69.7 Å². The maximum Gasteiger partial charge on any atom is 0.261 e. The van der Waals surface area contributed by atoms with Crippen molar-refractivity contribution in [2.24, 2.45) is 0 Å². The van der Waals surface area contributed by atoms with Gasteiger partial charge in [-0.05, 0) is 55.2 Å². The van der Waals surface area contributed by atoms with Gasteiger partial charge in [0.05, 0.1) is 11.1 Å². The first kappa shape index (κ1) is 22.0. The predicted octanol–water partition coefficient (Wildman–Crippen LogP) is 3.64. The minimum atomic E-state index is -0.294. The summed E-state index contributed by atoms with van der Waals surface area (Å²) in [4.78, 5) is 40.2. The van der Waals surface area contributed by atoms with E-state index in [0.29, 0.717) is 24.1 Å². The summed E-state index contributed by atoms with van der Waals surface area (Å²) in [7, 11) is 4.02. The minimum Gasteiger partial charge on any atom is -0.378 e. The van der Waals surface area contributed by atoms with Gasteiger partial charge in [-0.15, -0.1) is 0 Å². The number of benzene rings is 2. The third-order valence-corrected chi connectivity index (χ3v) is 5.63. The van der Waals surface area contributed by atoms with Crippen LogP contribution in [0.1, 0.15) is 45.5 Å². The smallest absolute Gasteiger partial charge is 0.261 e. The Morgan fingerprint density at radius 3 is 2.40 bits per heavy atom. The monoisotopic (exact) mass is 471 g/mol. The second kappa shape index (κ2) is 9.89. The van der Waals surface area contributed by atoms with Gasteiger partial charge in [-0.1, -0.05) is 28.1 Å². The summed E-state index contributed by atoms with van der Waals surface area (Å²) in [6.07, 6.45) is 2.50. The fraction of sp³-hybridized carbons (Fsp3) is 0.348. The van der Waals surface area contributed by atoms with E-state index in [4.69, 9.17) is 0 Å². The van der Waals surface area contributed by atoms with E-state index in [9.17, 15) is 14.4 Å². The molecule has 0 aliphatic carbocycles. The van der Waals surface area contributed by atoms with E-state index >= 15 is 0 Å². The van der Waals surface area contributed by atoms with Gasteiger partial charge in [0, 0.05) is 43.8 Å². The van der Waals surface area contributed by atoms with Crippen molar-refractivity contribution >= 4 is 39.3 Å². The van der Waals surface area contributed by atoms with Gasteiger partial charge in [0.15, 0.2) is 0 Å². The van der Waals surface area contributed by atoms with E-state index in [1.807, 2.05) is 14.1 Å². The lowest BCUT2D eigenvalue weighted by Gasteiger charge is -2.13. The molecule has 0 unspecified atom stereocenters. The van der Waals surface area contributed by atoms with Gasteiger partial charge < -0.3 is 10.2 Å². The fourth-order valence-corrected chi connectivity index (χ4v) is 3.79. The highest BCUT2D eigenvalue weighted by molar-refractivity contribution is 9.10. The van der Waals surface area contributed by atoms with Crippen molar-refractivity contribution in [2.75, 3.05) is 32.1 Å². The Morgan fingerprint density at radius 2 is 1.70 bits per heavy atom. The van der Waals surface area contributed by atoms with E-state index in [2.05, 4.69) is 50.4 Å². The van der Waals surface area contributed by atoms with Crippen LogP contribution in [0.15, 0.2) is 46.9 Å². The van der Waals surface area contributed by atoms with Crippen molar-refractivity contribution in [3.8, 4) is 0 Å². The lowest BCUT2D eigenvalue weighted by atomic mass is 10.1. The number of halogens is 1. The maximum absolute atomic E-state index is 12.4. The van der Waals surface area contributed by atoms with Crippen LogP contribution in [0.5, 0.6) is 0 Å². The number of aryl methyl sites for hydroxylation is 1. The Hall–Kier alpha value is -2.67. The molecule has 1 aliphatic heterocycles. The van der Waals surface area contributed by atoms with Crippen molar-refractivity contribution in [3.63, 3.8) is 0 Å². The van der Waals surface area contributed by atoms with Gasteiger partial charge in [-0.2, -0.15) is 0 Å². The number of amides is 3. The SMILES string of the molecule is CN(C)c1ccc(CCCNC(=O)CCCN2C(=O)c3ccc(Br)cc3C2=O)cc1.